The Morgan fingerprint density at radius 1 is 1.12 bits per heavy atom. The van der Waals surface area contributed by atoms with Gasteiger partial charge in [-0.1, -0.05) is 28.9 Å². The molecular formula is C14H23BrN2. The van der Waals surface area contributed by atoms with Crippen LogP contribution in [-0.4, -0.2) is 13.1 Å². The summed E-state index contributed by atoms with van der Waals surface area (Å²) in [6.45, 7) is 7.87. The molecule has 0 heterocycles. The van der Waals surface area contributed by atoms with Crippen LogP contribution in [0.1, 0.15) is 36.0 Å². The van der Waals surface area contributed by atoms with Crippen molar-refractivity contribution in [1.82, 2.24) is 0 Å². The van der Waals surface area contributed by atoms with Gasteiger partial charge in [0, 0.05) is 4.47 Å². The highest BCUT2D eigenvalue weighted by molar-refractivity contribution is 9.10. The Bertz CT molecular complexity index is 373. The smallest absolute Gasteiger partial charge is 0.0212 e. The molecule has 0 aliphatic carbocycles. The quantitative estimate of drug-likeness (QED) is 0.878. The minimum atomic E-state index is 0.415. The first-order valence-corrected chi connectivity index (χ1v) is 6.95. The Hall–Kier alpha value is -0.380. The first-order chi connectivity index (χ1) is 7.99. The van der Waals surface area contributed by atoms with Gasteiger partial charge in [0.15, 0.2) is 0 Å². The molecule has 0 aliphatic rings. The third kappa shape index (κ3) is 3.80. The molecule has 4 N–H and O–H groups in total. The highest BCUT2D eigenvalue weighted by Gasteiger charge is 2.15. The van der Waals surface area contributed by atoms with E-state index in [1.807, 2.05) is 0 Å². The highest BCUT2D eigenvalue weighted by atomic mass is 79.9. The van der Waals surface area contributed by atoms with Crippen LogP contribution in [0, 0.1) is 19.8 Å². The Labute approximate surface area is 113 Å². The van der Waals surface area contributed by atoms with Gasteiger partial charge in [0.25, 0.3) is 0 Å². The molecule has 3 heteroatoms. The lowest BCUT2D eigenvalue weighted by atomic mass is 9.89. The number of benzene rings is 1. The lowest BCUT2D eigenvalue weighted by Crippen LogP contribution is -2.24. The predicted molar refractivity (Wildman–Crippen MR) is 78.2 cm³/mol. The standard InChI is InChI=1S/C14H23BrN2/c1-9-5-13(14(15)6-10(9)2)11(3)4-12(7-16)8-17/h5-6,11-12H,4,7-8,16-17H2,1-3H3. The van der Waals surface area contributed by atoms with E-state index in [-0.39, 0.29) is 0 Å². The third-order valence-corrected chi connectivity index (χ3v) is 4.18. The molecule has 2 nitrogen and oxygen atoms in total. The van der Waals surface area contributed by atoms with Gasteiger partial charge >= 0.3 is 0 Å². The summed E-state index contributed by atoms with van der Waals surface area (Å²) in [4.78, 5) is 0. The average molecular weight is 299 g/mol. The van der Waals surface area contributed by atoms with E-state index in [2.05, 4.69) is 48.8 Å². The van der Waals surface area contributed by atoms with Crippen molar-refractivity contribution in [3.8, 4) is 0 Å². The second-order valence-corrected chi connectivity index (χ2v) is 5.79. The van der Waals surface area contributed by atoms with Gasteiger partial charge in [0.05, 0.1) is 0 Å². The Kier molecular flexibility index (Phi) is 5.63. The fraction of sp³-hybridized carbons (Fsp3) is 0.571. The fourth-order valence-electron chi connectivity index (χ4n) is 2.10. The van der Waals surface area contributed by atoms with E-state index in [0.29, 0.717) is 24.9 Å². The molecule has 0 aliphatic heterocycles. The summed E-state index contributed by atoms with van der Waals surface area (Å²) in [5.41, 5.74) is 15.4. The molecular weight excluding hydrogens is 276 g/mol. The number of hydrogen-bond donors (Lipinski definition) is 2. The van der Waals surface area contributed by atoms with Gasteiger partial charge in [0.1, 0.15) is 0 Å². The monoisotopic (exact) mass is 298 g/mol. The minimum absolute atomic E-state index is 0.415. The van der Waals surface area contributed by atoms with Crippen LogP contribution in [0.3, 0.4) is 0 Å². The zero-order chi connectivity index (χ0) is 13.0. The fourth-order valence-corrected chi connectivity index (χ4v) is 2.95. The number of hydrogen-bond acceptors (Lipinski definition) is 2. The van der Waals surface area contributed by atoms with Crippen molar-refractivity contribution in [2.75, 3.05) is 13.1 Å². The molecule has 96 valence electrons. The van der Waals surface area contributed by atoms with Crippen LogP contribution < -0.4 is 11.5 Å². The summed E-state index contributed by atoms with van der Waals surface area (Å²) in [5.74, 6) is 0.902. The molecule has 0 spiro atoms. The largest absolute Gasteiger partial charge is 0.330 e. The van der Waals surface area contributed by atoms with E-state index < -0.39 is 0 Å². The molecule has 0 amide bonds. The summed E-state index contributed by atoms with van der Waals surface area (Å²) < 4.78 is 1.20. The zero-order valence-corrected chi connectivity index (χ0v) is 12.5. The van der Waals surface area contributed by atoms with Crippen LogP contribution in [0.5, 0.6) is 0 Å². The van der Waals surface area contributed by atoms with Crippen LogP contribution >= 0.6 is 15.9 Å². The van der Waals surface area contributed by atoms with Crippen molar-refractivity contribution in [2.24, 2.45) is 17.4 Å². The summed E-state index contributed by atoms with van der Waals surface area (Å²) >= 11 is 3.65. The summed E-state index contributed by atoms with van der Waals surface area (Å²) in [6.07, 6.45) is 1.05. The van der Waals surface area contributed by atoms with Gasteiger partial charge < -0.3 is 11.5 Å². The number of rotatable bonds is 5. The van der Waals surface area contributed by atoms with Crippen molar-refractivity contribution in [2.45, 2.75) is 33.1 Å². The van der Waals surface area contributed by atoms with Gasteiger partial charge in [-0.15, -0.1) is 0 Å². The number of aryl methyl sites for hydroxylation is 2. The lowest BCUT2D eigenvalue weighted by Gasteiger charge is -2.20. The molecule has 0 radical (unpaired) electrons. The third-order valence-electron chi connectivity index (χ3n) is 3.50. The molecule has 1 aromatic rings. The van der Waals surface area contributed by atoms with Crippen molar-refractivity contribution < 1.29 is 0 Å². The van der Waals surface area contributed by atoms with Crippen molar-refractivity contribution >= 4 is 15.9 Å². The first-order valence-electron chi connectivity index (χ1n) is 6.16. The van der Waals surface area contributed by atoms with Crippen LogP contribution in [0.15, 0.2) is 16.6 Å². The molecule has 1 rings (SSSR count). The van der Waals surface area contributed by atoms with Crippen molar-refractivity contribution in [1.29, 1.82) is 0 Å². The van der Waals surface area contributed by atoms with Crippen molar-refractivity contribution in [3.63, 3.8) is 0 Å². The van der Waals surface area contributed by atoms with Crippen molar-refractivity contribution in [3.05, 3.63) is 33.3 Å². The van der Waals surface area contributed by atoms with E-state index in [0.717, 1.165) is 6.42 Å². The van der Waals surface area contributed by atoms with Crippen LogP contribution in [-0.2, 0) is 0 Å². The zero-order valence-electron chi connectivity index (χ0n) is 11.0. The second-order valence-electron chi connectivity index (χ2n) is 4.93. The maximum absolute atomic E-state index is 5.71. The van der Waals surface area contributed by atoms with Gasteiger partial charge in [0.2, 0.25) is 0 Å². The molecule has 0 saturated heterocycles. The van der Waals surface area contributed by atoms with Gasteiger partial charge in [-0.05, 0) is 68.0 Å². The topological polar surface area (TPSA) is 52.0 Å². The van der Waals surface area contributed by atoms with Crippen LogP contribution in [0.25, 0.3) is 0 Å². The minimum Gasteiger partial charge on any atom is -0.330 e. The highest BCUT2D eigenvalue weighted by Crippen LogP contribution is 2.31. The SMILES string of the molecule is Cc1cc(Br)c(C(C)CC(CN)CN)cc1C. The number of nitrogens with two attached hydrogens (primary N) is 2. The van der Waals surface area contributed by atoms with Gasteiger partial charge in [-0.2, -0.15) is 0 Å². The lowest BCUT2D eigenvalue weighted by molar-refractivity contribution is 0.464. The molecule has 1 unspecified atom stereocenters. The van der Waals surface area contributed by atoms with E-state index in [9.17, 15) is 0 Å². The normalized spacial score (nSPS) is 13.1. The molecule has 0 bridgehead atoms. The van der Waals surface area contributed by atoms with Gasteiger partial charge in [-0.3, -0.25) is 0 Å². The summed E-state index contributed by atoms with van der Waals surface area (Å²) in [6, 6.07) is 4.47. The molecule has 0 fully saturated rings. The second kappa shape index (κ2) is 6.53. The first kappa shape index (κ1) is 14.7. The van der Waals surface area contributed by atoms with E-state index in [4.69, 9.17) is 11.5 Å². The molecule has 17 heavy (non-hydrogen) atoms. The molecule has 0 aromatic heterocycles. The molecule has 1 atom stereocenters. The van der Waals surface area contributed by atoms with Crippen LogP contribution in [0.4, 0.5) is 0 Å². The molecule has 0 saturated carbocycles. The maximum atomic E-state index is 5.71. The maximum Gasteiger partial charge on any atom is 0.0212 e. The van der Waals surface area contributed by atoms with E-state index in [1.165, 1.54) is 21.2 Å². The Balaban J connectivity index is 2.88. The summed E-state index contributed by atoms with van der Waals surface area (Å²) in [5, 5.41) is 0. The van der Waals surface area contributed by atoms with Crippen LogP contribution in [0.2, 0.25) is 0 Å². The van der Waals surface area contributed by atoms with E-state index >= 15 is 0 Å². The Morgan fingerprint density at radius 2 is 1.65 bits per heavy atom. The Morgan fingerprint density at radius 3 is 2.18 bits per heavy atom. The van der Waals surface area contributed by atoms with Gasteiger partial charge in [-0.25, -0.2) is 0 Å². The number of halogens is 1. The average Bonchev–Trinajstić information content (AvgIpc) is 2.30. The van der Waals surface area contributed by atoms with E-state index in [1.54, 1.807) is 0 Å². The molecule has 1 aromatic carbocycles. The predicted octanol–water partition coefficient (Wildman–Crippen LogP) is 3.09. The summed E-state index contributed by atoms with van der Waals surface area (Å²) in [7, 11) is 0.